The molecule has 0 spiro atoms. The highest BCUT2D eigenvalue weighted by molar-refractivity contribution is 5.92. The van der Waals surface area contributed by atoms with Gasteiger partial charge in [-0.25, -0.2) is 0 Å². The third-order valence-electron chi connectivity index (χ3n) is 1.29. The quantitative estimate of drug-likeness (QED) is 0.680. The minimum atomic E-state index is -0.958. The van der Waals surface area contributed by atoms with Crippen molar-refractivity contribution in [1.82, 2.24) is 10.5 Å². The molecule has 6 nitrogen and oxygen atoms in total. The summed E-state index contributed by atoms with van der Waals surface area (Å²) in [5, 5.41) is 14.0. The second kappa shape index (κ2) is 4.24. The smallest absolute Gasteiger partial charge is 0.305 e. The molecule has 1 aromatic heterocycles. The fourth-order valence-corrected chi connectivity index (χ4v) is 0.703. The number of nitrogens with zero attached hydrogens (tertiary/aromatic N) is 1. The number of aliphatic carboxylic acids is 1. The summed E-state index contributed by atoms with van der Waals surface area (Å²) in [6.45, 7) is 0.0844. The van der Waals surface area contributed by atoms with Gasteiger partial charge >= 0.3 is 5.97 Å². The highest BCUT2D eigenvalue weighted by Crippen LogP contribution is 1.93. The Hall–Kier alpha value is -1.85. The van der Waals surface area contributed by atoms with E-state index < -0.39 is 11.9 Å². The zero-order valence-electron chi connectivity index (χ0n) is 6.69. The summed E-state index contributed by atoms with van der Waals surface area (Å²) >= 11 is 0. The number of carbonyl (C=O) groups excluding carboxylic acids is 1. The fourth-order valence-electron chi connectivity index (χ4n) is 0.703. The van der Waals surface area contributed by atoms with Crippen LogP contribution < -0.4 is 5.32 Å². The van der Waals surface area contributed by atoms with Crippen LogP contribution in [0.2, 0.25) is 0 Å². The lowest BCUT2D eigenvalue weighted by Crippen LogP contribution is -2.26. The molecule has 0 aromatic carbocycles. The summed E-state index contributed by atoms with van der Waals surface area (Å²) in [5.41, 5.74) is 0.144. The van der Waals surface area contributed by atoms with Crippen molar-refractivity contribution < 1.29 is 19.2 Å². The zero-order chi connectivity index (χ0) is 9.68. The molecule has 1 heterocycles. The lowest BCUT2D eigenvalue weighted by atomic mass is 10.4. The van der Waals surface area contributed by atoms with Crippen molar-refractivity contribution in [3.63, 3.8) is 0 Å². The van der Waals surface area contributed by atoms with Gasteiger partial charge in [-0.1, -0.05) is 5.16 Å². The monoisotopic (exact) mass is 184 g/mol. The Bertz CT molecular complexity index is 293. The summed E-state index contributed by atoms with van der Waals surface area (Å²) in [4.78, 5) is 21.1. The summed E-state index contributed by atoms with van der Waals surface area (Å²) < 4.78 is 4.44. The fraction of sp³-hybridized carbons (Fsp3) is 0.286. The number of rotatable bonds is 4. The van der Waals surface area contributed by atoms with E-state index in [1.54, 1.807) is 0 Å². The van der Waals surface area contributed by atoms with Crippen molar-refractivity contribution in [2.24, 2.45) is 0 Å². The van der Waals surface area contributed by atoms with Gasteiger partial charge in [-0.15, -0.1) is 0 Å². The maximum absolute atomic E-state index is 11.1. The van der Waals surface area contributed by atoms with Crippen molar-refractivity contribution >= 4 is 11.9 Å². The van der Waals surface area contributed by atoms with Crippen molar-refractivity contribution in [3.8, 4) is 0 Å². The van der Waals surface area contributed by atoms with E-state index in [0.29, 0.717) is 0 Å². The van der Waals surface area contributed by atoms with Crippen molar-refractivity contribution in [1.29, 1.82) is 0 Å². The maximum Gasteiger partial charge on any atom is 0.305 e. The first-order chi connectivity index (χ1) is 6.20. The SMILES string of the molecule is O=C(O)CCNC(=O)c1ccon1. The maximum atomic E-state index is 11.1. The molecule has 13 heavy (non-hydrogen) atoms. The van der Waals surface area contributed by atoms with Crippen LogP contribution >= 0.6 is 0 Å². The van der Waals surface area contributed by atoms with Crippen molar-refractivity contribution in [3.05, 3.63) is 18.0 Å². The third kappa shape index (κ3) is 2.94. The molecule has 70 valence electrons. The van der Waals surface area contributed by atoms with E-state index in [2.05, 4.69) is 15.0 Å². The van der Waals surface area contributed by atoms with E-state index in [0.717, 1.165) is 0 Å². The molecule has 0 unspecified atom stereocenters. The molecule has 0 bridgehead atoms. The largest absolute Gasteiger partial charge is 0.481 e. The first kappa shape index (κ1) is 9.24. The van der Waals surface area contributed by atoms with Crippen LogP contribution in [-0.4, -0.2) is 28.7 Å². The number of carboxylic acids is 1. The molecule has 0 saturated heterocycles. The molecule has 0 atom stereocenters. The first-order valence-corrected chi connectivity index (χ1v) is 3.60. The van der Waals surface area contributed by atoms with E-state index in [-0.39, 0.29) is 18.7 Å². The predicted molar refractivity (Wildman–Crippen MR) is 41.1 cm³/mol. The number of carbonyl (C=O) groups is 2. The highest BCUT2D eigenvalue weighted by Gasteiger charge is 2.07. The number of nitrogens with one attached hydrogen (secondary N) is 1. The molecule has 1 aromatic rings. The molecule has 6 heteroatoms. The molecule has 1 amide bonds. The normalized spacial score (nSPS) is 9.54. The number of amides is 1. The standard InChI is InChI=1S/C7H8N2O4/c10-6(11)1-3-8-7(12)5-2-4-13-9-5/h2,4H,1,3H2,(H,8,12)(H,10,11). The van der Waals surface area contributed by atoms with Crippen molar-refractivity contribution in [2.45, 2.75) is 6.42 Å². The van der Waals surface area contributed by atoms with E-state index in [4.69, 9.17) is 5.11 Å². The van der Waals surface area contributed by atoms with Crippen molar-refractivity contribution in [2.75, 3.05) is 6.54 Å². The minimum absolute atomic E-state index is 0.0844. The molecule has 0 radical (unpaired) electrons. The summed E-state index contributed by atoms with van der Waals surface area (Å²) in [6, 6.07) is 1.40. The van der Waals surface area contributed by atoms with Crippen LogP contribution in [0, 0.1) is 0 Å². The molecule has 0 aliphatic heterocycles. The van der Waals surface area contributed by atoms with Gasteiger partial charge < -0.3 is 14.9 Å². The Labute approximate surface area is 73.5 Å². The topological polar surface area (TPSA) is 92.4 Å². The van der Waals surface area contributed by atoms with E-state index >= 15 is 0 Å². The van der Waals surface area contributed by atoms with Crippen LogP contribution in [0.3, 0.4) is 0 Å². The lowest BCUT2D eigenvalue weighted by Gasteiger charge is -1.98. The molecule has 0 aliphatic rings. The van der Waals surface area contributed by atoms with Gasteiger partial charge in [-0.2, -0.15) is 0 Å². The second-order valence-electron chi connectivity index (χ2n) is 2.28. The predicted octanol–water partition coefficient (Wildman–Crippen LogP) is -0.121. The van der Waals surface area contributed by atoms with Crippen LogP contribution in [0.5, 0.6) is 0 Å². The molecule has 0 saturated carbocycles. The molecule has 2 N–H and O–H groups in total. The number of carboxylic acid groups (broad SMARTS) is 1. The summed E-state index contributed by atoms with van der Waals surface area (Å²) in [5.74, 6) is -1.39. The second-order valence-corrected chi connectivity index (χ2v) is 2.28. The van der Waals surface area contributed by atoms with E-state index in [1.807, 2.05) is 0 Å². The molecule has 0 fully saturated rings. The summed E-state index contributed by atoms with van der Waals surface area (Å²) in [6.07, 6.45) is 1.16. The van der Waals surface area contributed by atoms with Gasteiger partial charge in [-0.05, 0) is 0 Å². The van der Waals surface area contributed by atoms with Crippen LogP contribution in [0.4, 0.5) is 0 Å². The number of hydrogen-bond donors (Lipinski definition) is 2. The van der Waals surface area contributed by atoms with Gasteiger partial charge in [0.2, 0.25) is 0 Å². The van der Waals surface area contributed by atoms with E-state index in [1.165, 1.54) is 12.3 Å². The number of aromatic nitrogens is 1. The van der Waals surface area contributed by atoms with Gasteiger partial charge in [0.25, 0.3) is 5.91 Å². The Kier molecular flexibility index (Phi) is 3.02. The average Bonchev–Trinajstić information content (AvgIpc) is 2.55. The third-order valence-corrected chi connectivity index (χ3v) is 1.29. The Morgan fingerprint density at radius 3 is 2.92 bits per heavy atom. The minimum Gasteiger partial charge on any atom is -0.481 e. The van der Waals surface area contributed by atoms with Gasteiger partial charge in [0.05, 0.1) is 6.42 Å². The van der Waals surface area contributed by atoms with Gasteiger partial charge in [0.1, 0.15) is 6.26 Å². The molecule has 1 rings (SSSR count). The van der Waals surface area contributed by atoms with E-state index in [9.17, 15) is 9.59 Å². The highest BCUT2D eigenvalue weighted by atomic mass is 16.5. The molecular weight excluding hydrogens is 176 g/mol. The Balaban J connectivity index is 2.31. The zero-order valence-corrected chi connectivity index (χ0v) is 6.69. The first-order valence-electron chi connectivity index (χ1n) is 3.60. The van der Waals surface area contributed by atoms with Crippen LogP contribution in [0.25, 0.3) is 0 Å². The number of hydrogen-bond acceptors (Lipinski definition) is 4. The van der Waals surface area contributed by atoms with Gasteiger partial charge in [-0.3, -0.25) is 9.59 Å². The molecule has 0 aliphatic carbocycles. The molecular formula is C7H8N2O4. The Morgan fingerprint density at radius 2 is 2.38 bits per heavy atom. The van der Waals surface area contributed by atoms with Crippen LogP contribution in [-0.2, 0) is 4.79 Å². The van der Waals surface area contributed by atoms with Gasteiger partial charge in [0.15, 0.2) is 5.69 Å². The van der Waals surface area contributed by atoms with Gasteiger partial charge in [0, 0.05) is 12.6 Å². The summed E-state index contributed by atoms with van der Waals surface area (Å²) in [7, 11) is 0. The van der Waals surface area contributed by atoms with Crippen LogP contribution in [0.1, 0.15) is 16.9 Å². The lowest BCUT2D eigenvalue weighted by molar-refractivity contribution is -0.136. The van der Waals surface area contributed by atoms with Crippen LogP contribution in [0.15, 0.2) is 16.9 Å². The average molecular weight is 184 g/mol. The Morgan fingerprint density at radius 1 is 1.62 bits per heavy atom.